The Bertz CT molecular complexity index is 536. The van der Waals surface area contributed by atoms with Crippen molar-refractivity contribution in [2.75, 3.05) is 5.73 Å². The van der Waals surface area contributed by atoms with E-state index in [-0.39, 0.29) is 6.23 Å². The summed E-state index contributed by atoms with van der Waals surface area (Å²) < 4.78 is 8.02. The maximum Gasteiger partial charge on any atom is 0.147 e. The largest absolute Gasteiger partial charge is 0.383 e. The highest BCUT2D eigenvalue weighted by Gasteiger charge is 2.26. The minimum Gasteiger partial charge on any atom is -0.383 e. The third kappa shape index (κ3) is 1.67. The Balaban J connectivity index is 1.99. The smallest absolute Gasteiger partial charge is 0.147 e. The molecule has 1 fully saturated rings. The lowest BCUT2D eigenvalue weighted by atomic mass is 10.2. The molecule has 0 radical (unpaired) electrons. The number of aromatic nitrogens is 3. The molecule has 0 aromatic carbocycles. The van der Waals surface area contributed by atoms with Gasteiger partial charge in [-0.1, -0.05) is 6.92 Å². The first-order valence-electron chi connectivity index (χ1n) is 6.02. The van der Waals surface area contributed by atoms with Crippen molar-refractivity contribution in [1.82, 2.24) is 14.5 Å². The number of ether oxygens (including phenoxy) is 1. The highest BCUT2D eigenvalue weighted by Crippen LogP contribution is 2.32. The van der Waals surface area contributed by atoms with E-state index < -0.39 is 0 Å². The van der Waals surface area contributed by atoms with E-state index in [2.05, 4.69) is 21.5 Å². The van der Waals surface area contributed by atoms with E-state index >= 15 is 0 Å². The molecule has 0 spiro atoms. The Morgan fingerprint density at radius 3 is 3.12 bits per heavy atom. The molecule has 1 aliphatic rings. The molecule has 2 atom stereocenters. The summed E-state index contributed by atoms with van der Waals surface area (Å²) in [5.74, 6) is 0.527. The molecular weight excluding hydrogens is 216 g/mol. The number of nitrogens with two attached hydrogens (primary N) is 1. The van der Waals surface area contributed by atoms with E-state index in [0.717, 1.165) is 30.3 Å². The van der Waals surface area contributed by atoms with Crippen molar-refractivity contribution in [3.8, 4) is 0 Å². The maximum absolute atomic E-state index is 5.96. The van der Waals surface area contributed by atoms with Crippen LogP contribution in [0, 0.1) is 0 Å². The van der Waals surface area contributed by atoms with Gasteiger partial charge in [-0.25, -0.2) is 9.97 Å². The van der Waals surface area contributed by atoms with Gasteiger partial charge in [0.25, 0.3) is 0 Å². The summed E-state index contributed by atoms with van der Waals surface area (Å²) in [5, 5.41) is 0.899. The SMILES string of the molecule is CC[C@@H]1CC[C@H](n2ccc3c(N)ncnc32)O1. The summed E-state index contributed by atoms with van der Waals surface area (Å²) >= 11 is 0. The highest BCUT2D eigenvalue weighted by molar-refractivity contribution is 5.86. The van der Waals surface area contributed by atoms with Gasteiger partial charge in [0, 0.05) is 6.20 Å². The molecule has 2 N–H and O–H groups in total. The first-order valence-corrected chi connectivity index (χ1v) is 6.02. The van der Waals surface area contributed by atoms with Crippen LogP contribution in [0.3, 0.4) is 0 Å². The second kappa shape index (κ2) is 4.00. The minimum absolute atomic E-state index is 0.0896. The van der Waals surface area contributed by atoms with Crippen LogP contribution in [0.5, 0.6) is 0 Å². The first kappa shape index (κ1) is 10.5. The monoisotopic (exact) mass is 232 g/mol. The number of hydrogen-bond donors (Lipinski definition) is 1. The number of nitrogens with zero attached hydrogens (tertiary/aromatic N) is 3. The van der Waals surface area contributed by atoms with Crippen molar-refractivity contribution in [3.05, 3.63) is 18.6 Å². The van der Waals surface area contributed by atoms with Crippen molar-refractivity contribution in [1.29, 1.82) is 0 Å². The van der Waals surface area contributed by atoms with Crippen molar-refractivity contribution in [2.45, 2.75) is 38.5 Å². The first-order chi connectivity index (χ1) is 8.29. The van der Waals surface area contributed by atoms with Crippen LogP contribution in [0.15, 0.2) is 18.6 Å². The Hall–Kier alpha value is -1.62. The molecular formula is C12H16N4O. The van der Waals surface area contributed by atoms with Crippen LogP contribution in [-0.2, 0) is 4.74 Å². The third-order valence-corrected chi connectivity index (χ3v) is 3.39. The van der Waals surface area contributed by atoms with E-state index in [4.69, 9.17) is 10.5 Å². The van der Waals surface area contributed by atoms with Gasteiger partial charge in [-0.3, -0.25) is 0 Å². The minimum atomic E-state index is 0.0896. The van der Waals surface area contributed by atoms with Gasteiger partial charge >= 0.3 is 0 Å². The van der Waals surface area contributed by atoms with E-state index in [1.165, 1.54) is 6.33 Å². The molecule has 0 amide bonds. The topological polar surface area (TPSA) is 66.0 Å². The lowest BCUT2D eigenvalue weighted by Gasteiger charge is -2.14. The van der Waals surface area contributed by atoms with Crippen molar-refractivity contribution in [2.24, 2.45) is 0 Å². The molecule has 0 bridgehead atoms. The van der Waals surface area contributed by atoms with E-state index in [9.17, 15) is 0 Å². The molecule has 1 aliphatic heterocycles. The zero-order chi connectivity index (χ0) is 11.8. The normalized spacial score (nSPS) is 24.5. The van der Waals surface area contributed by atoms with Crippen molar-refractivity contribution in [3.63, 3.8) is 0 Å². The van der Waals surface area contributed by atoms with Crippen LogP contribution >= 0.6 is 0 Å². The Kier molecular flexibility index (Phi) is 2.48. The van der Waals surface area contributed by atoms with Crippen LogP contribution in [-0.4, -0.2) is 20.6 Å². The van der Waals surface area contributed by atoms with Crippen LogP contribution in [0.4, 0.5) is 5.82 Å². The summed E-state index contributed by atoms with van der Waals surface area (Å²) in [6, 6.07) is 1.95. The Labute approximate surface area is 99.6 Å². The van der Waals surface area contributed by atoms with Gasteiger partial charge in [0.2, 0.25) is 0 Å². The van der Waals surface area contributed by atoms with Crippen LogP contribution in [0.1, 0.15) is 32.4 Å². The van der Waals surface area contributed by atoms with Crippen LogP contribution < -0.4 is 5.73 Å². The summed E-state index contributed by atoms with van der Waals surface area (Å²) in [4.78, 5) is 8.28. The average molecular weight is 232 g/mol. The second-order valence-corrected chi connectivity index (χ2v) is 4.42. The number of hydrogen-bond acceptors (Lipinski definition) is 4. The van der Waals surface area contributed by atoms with Gasteiger partial charge in [0.15, 0.2) is 0 Å². The third-order valence-electron chi connectivity index (χ3n) is 3.39. The highest BCUT2D eigenvalue weighted by atomic mass is 16.5. The van der Waals surface area contributed by atoms with E-state index in [1.54, 1.807) is 0 Å². The summed E-state index contributed by atoms with van der Waals surface area (Å²) in [7, 11) is 0. The second-order valence-electron chi connectivity index (χ2n) is 4.42. The summed E-state index contributed by atoms with van der Waals surface area (Å²) in [6.07, 6.45) is 7.16. The number of rotatable bonds is 2. The molecule has 0 unspecified atom stereocenters. The average Bonchev–Trinajstić information content (AvgIpc) is 2.94. The summed E-state index contributed by atoms with van der Waals surface area (Å²) in [6.45, 7) is 2.15. The molecule has 17 heavy (non-hydrogen) atoms. The lowest BCUT2D eigenvalue weighted by molar-refractivity contribution is 0.00321. The molecule has 90 valence electrons. The zero-order valence-corrected chi connectivity index (χ0v) is 9.84. The molecule has 0 aliphatic carbocycles. The van der Waals surface area contributed by atoms with E-state index in [1.807, 2.05) is 12.3 Å². The van der Waals surface area contributed by atoms with Gasteiger partial charge < -0.3 is 15.0 Å². The van der Waals surface area contributed by atoms with Gasteiger partial charge in [0.1, 0.15) is 24.0 Å². The van der Waals surface area contributed by atoms with Crippen molar-refractivity contribution >= 4 is 16.9 Å². The predicted molar refractivity (Wildman–Crippen MR) is 65.4 cm³/mol. The molecule has 5 nitrogen and oxygen atoms in total. The van der Waals surface area contributed by atoms with Gasteiger partial charge in [-0.15, -0.1) is 0 Å². The zero-order valence-electron chi connectivity index (χ0n) is 9.84. The quantitative estimate of drug-likeness (QED) is 0.861. The van der Waals surface area contributed by atoms with Crippen molar-refractivity contribution < 1.29 is 4.74 Å². The maximum atomic E-state index is 5.96. The van der Waals surface area contributed by atoms with Crippen LogP contribution in [0.25, 0.3) is 11.0 Å². The fourth-order valence-electron chi connectivity index (χ4n) is 2.41. The summed E-state index contributed by atoms with van der Waals surface area (Å²) in [5.41, 5.74) is 6.68. The molecule has 3 rings (SSSR count). The van der Waals surface area contributed by atoms with Gasteiger partial charge in [-0.2, -0.15) is 0 Å². The molecule has 1 saturated heterocycles. The molecule has 2 aromatic rings. The fourth-order valence-corrected chi connectivity index (χ4v) is 2.41. The fraction of sp³-hybridized carbons (Fsp3) is 0.500. The molecule has 0 saturated carbocycles. The number of nitrogen functional groups attached to an aromatic ring is 1. The lowest BCUT2D eigenvalue weighted by Crippen LogP contribution is -2.10. The predicted octanol–water partition coefficient (Wildman–Crippen LogP) is 2.10. The molecule has 3 heterocycles. The van der Waals surface area contributed by atoms with Gasteiger partial charge in [0.05, 0.1) is 11.5 Å². The van der Waals surface area contributed by atoms with E-state index in [0.29, 0.717) is 11.9 Å². The Morgan fingerprint density at radius 1 is 1.47 bits per heavy atom. The van der Waals surface area contributed by atoms with Crippen LogP contribution in [0.2, 0.25) is 0 Å². The Morgan fingerprint density at radius 2 is 2.35 bits per heavy atom. The molecule has 2 aromatic heterocycles. The van der Waals surface area contributed by atoms with Gasteiger partial charge in [-0.05, 0) is 25.3 Å². The standard InChI is InChI=1S/C12H16N4O/c1-2-8-3-4-10(17-8)16-6-5-9-11(13)14-7-15-12(9)16/h5-8,10H,2-4H2,1H3,(H2,13,14,15)/t8-,10-/m1/s1. The molecule has 5 heteroatoms. The number of fused-ring (bicyclic) bond motifs is 1. The number of anilines is 1.